The third-order valence-electron chi connectivity index (χ3n) is 3.16. The van der Waals surface area contributed by atoms with Gasteiger partial charge in [0.2, 0.25) is 5.91 Å². The second-order valence-corrected chi connectivity index (χ2v) is 4.68. The van der Waals surface area contributed by atoms with E-state index in [1.165, 1.54) is 0 Å². The summed E-state index contributed by atoms with van der Waals surface area (Å²) in [5.41, 5.74) is 7.94. The van der Waals surface area contributed by atoms with Gasteiger partial charge in [-0.15, -0.1) is 0 Å². The van der Waals surface area contributed by atoms with Crippen LogP contribution in [0.15, 0.2) is 30.5 Å². The second-order valence-electron chi connectivity index (χ2n) is 4.68. The Hall–Kier alpha value is -2.34. The number of aromatic nitrogens is 1. The van der Waals surface area contributed by atoms with Crippen molar-refractivity contribution in [3.05, 3.63) is 36.0 Å². The molecular formula is C15H19N3O3. The first-order valence-electron chi connectivity index (χ1n) is 6.85. The highest BCUT2D eigenvalue weighted by Gasteiger charge is 2.16. The van der Waals surface area contributed by atoms with Crippen LogP contribution in [0.5, 0.6) is 0 Å². The van der Waals surface area contributed by atoms with Gasteiger partial charge in [0.1, 0.15) is 6.54 Å². The Labute approximate surface area is 122 Å². The monoisotopic (exact) mass is 289 g/mol. The molecule has 1 atom stereocenters. The summed E-state index contributed by atoms with van der Waals surface area (Å²) >= 11 is 0. The van der Waals surface area contributed by atoms with E-state index in [-0.39, 0.29) is 18.9 Å². The van der Waals surface area contributed by atoms with Crippen LogP contribution in [0, 0.1) is 0 Å². The Kier molecular flexibility index (Phi) is 4.94. The van der Waals surface area contributed by atoms with Crippen LogP contribution < -0.4 is 11.1 Å². The smallest absolute Gasteiger partial charge is 0.325 e. The van der Waals surface area contributed by atoms with Gasteiger partial charge in [-0.2, -0.15) is 0 Å². The highest BCUT2D eigenvalue weighted by molar-refractivity contribution is 5.86. The number of para-hydroxylation sites is 1. The lowest BCUT2D eigenvalue weighted by atomic mass is 10.0. The van der Waals surface area contributed by atoms with E-state index in [0.717, 1.165) is 16.5 Å². The molecule has 6 heteroatoms. The predicted octanol–water partition coefficient (Wildman–Crippen LogP) is 1.24. The fraction of sp³-hybridized carbons (Fsp3) is 0.333. The van der Waals surface area contributed by atoms with Crippen LogP contribution in [0.1, 0.15) is 24.9 Å². The van der Waals surface area contributed by atoms with Crippen molar-refractivity contribution in [3.63, 3.8) is 0 Å². The number of ether oxygens (including phenoxy) is 1. The maximum atomic E-state index is 11.8. The molecule has 21 heavy (non-hydrogen) atoms. The van der Waals surface area contributed by atoms with Gasteiger partial charge in [-0.25, -0.2) is 0 Å². The highest BCUT2D eigenvalue weighted by atomic mass is 16.5. The number of fused-ring (bicyclic) bond motifs is 1. The minimum Gasteiger partial charge on any atom is -0.465 e. The van der Waals surface area contributed by atoms with Crippen molar-refractivity contribution in [3.8, 4) is 0 Å². The molecule has 1 unspecified atom stereocenters. The van der Waals surface area contributed by atoms with Crippen LogP contribution in [-0.4, -0.2) is 30.0 Å². The summed E-state index contributed by atoms with van der Waals surface area (Å²) in [6.45, 7) is 1.88. The van der Waals surface area contributed by atoms with Gasteiger partial charge in [-0.3, -0.25) is 9.59 Å². The number of aromatic amines is 1. The van der Waals surface area contributed by atoms with Crippen LogP contribution in [-0.2, 0) is 14.3 Å². The zero-order valence-corrected chi connectivity index (χ0v) is 11.9. The second kappa shape index (κ2) is 6.90. The number of nitrogens with one attached hydrogen (secondary N) is 2. The summed E-state index contributed by atoms with van der Waals surface area (Å²) in [5, 5.41) is 3.51. The Morgan fingerprint density at radius 1 is 1.38 bits per heavy atom. The van der Waals surface area contributed by atoms with Gasteiger partial charge in [0.05, 0.1) is 6.61 Å². The molecule has 1 aromatic heterocycles. The third kappa shape index (κ3) is 3.82. The summed E-state index contributed by atoms with van der Waals surface area (Å²) in [5.74, 6) is -0.729. The Morgan fingerprint density at radius 3 is 2.90 bits per heavy atom. The molecule has 2 rings (SSSR count). The lowest BCUT2D eigenvalue weighted by molar-refractivity contribution is -0.143. The van der Waals surface area contributed by atoms with Gasteiger partial charge in [0.25, 0.3) is 0 Å². The van der Waals surface area contributed by atoms with Crippen LogP contribution in [0.3, 0.4) is 0 Å². The first kappa shape index (κ1) is 15.1. The quantitative estimate of drug-likeness (QED) is 0.697. The van der Waals surface area contributed by atoms with Crippen LogP contribution in [0.4, 0.5) is 0 Å². The molecule has 6 nitrogen and oxygen atoms in total. The van der Waals surface area contributed by atoms with E-state index in [0.29, 0.717) is 6.61 Å². The summed E-state index contributed by atoms with van der Waals surface area (Å²) in [4.78, 5) is 26.1. The predicted molar refractivity (Wildman–Crippen MR) is 79.5 cm³/mol. The molecule has 1 heterocycles. The number of esters is 1. The third-order valence-corrected chi connectivity index (χ3v) is 3.16. The van der Waals surface area contributed by atoms with Gasteiger partial charge in [0.15, 0.2) is 0 Å². The van der Waals surface area contributed by atoms with E-state index >= 15 is 0 Å². The summed E-state index contributed by atoms with van der Waals surface area (Å²) < 4.78 is 4.74. The molecule has 4 N–H and O–H groups in total. The first-order chi connectivity index (χ1) is 10.1. The van der Waals surface area contributed by atoms with Crippen molar-refractivity contribution < 1.29 is 14.3 Å². The van der Waals surface area contributed by atoms with Gasteiger partial charge in [0, 0.05) is 29.6 Å². The number of benzene rings is 1. The number of hydrogen-bond acceptors (Lipinski definition) is 4. The number of hydrogen-bond donors (Lipinski definition) is 3. The van der Waals surface area contributed by atoms with Crippen LogP contribution >= 0.6 is 0 Å². The Balaban J connectivity index is 1.93. The Bertz CT molecular complexity index is 636. The summed E-state index contributed by atoms with van der Waals surface area (Å²) in [7, 11) is 0. The van der Waals surface area contributed by atoms with Crippen molar-refractivity contribution in [2.75, 3.05) is 13.2 Å². The normalized spacial score (nSPS) is 12.1. The topological polar surface area (TPSA) is 97.2 Å². The van der Waals surface area contributed by atoms with E-state index in [4.69, 9.17) is 10.5 Å². The standard InChI is InChI=1S/C15H19N3O3/c1-2-21-15(20)9-18-14(19)7-12(16)11-8-17-13-6-4-3-5-10(11)13/h3-6,8,12,17H,2,7,9,16H2,1H3,(H,18,19). The van der Waals surface area contributed by atoms with Crippen LogP contribution in [0.25, 0.3) is 10.9 Å². The Morgan fingerprint density at radius 2 is 2.14 bits per heavy atom. The molecule has 0 fully saturated rings. The molecule has 2 aromatic rings. The molecule has 0 saturated heterocycles. The molecule has 0 spiro atoms. The van der Waals surface area contributed by atoms with E-state index < -0.39 is 12.0 Å². The van der Waals surface area contributed by atoms with Gasteiger partial charge < -0.3 is 20.8 Å². The zero-order chi connectivity index (χ0) is 15.2. The maximum Gasteiger partial charge on any atom is 0.325 e. The van der Waals surface area contributed by atoms with Crippen molar-refractivity contribution in [2.45, 2.75) is 19.4 Å². The molecule has 0 radical (unpaired) electrons. The molecule has 0 bridgehead atoms. The van der Waals surface area contributed by atoms with Gasteiger partial charge >= 0.3 is 5.97 Å². The number of nitrogens with two attached hydrogens (primary N) is 1. The number of carbonyl (C=O) groups is 2. The van der Waals surface area contributed by atoms with Gasteiger partial charge in [-0.05, 0) is 18.6 Å². The van der Waals surface area contributed by atoms with Gasteiger partial charge in [-0.1, -0.05) is 18.2 Å². The average molecular weight is 289 g/mol. The molecular weight excluding hydrogens is 270 g/mol. The molecule has 112 valence electrons. The van der Waals surface area contributed by atoms with Crippen LogP contribution in [0.2, 0.25) is 0 Å². The molecule has 1 aromatic carbocycles. The molecule has 0 saturated carbocycles. The lowest BCUT2D eigenvalue weighted by Gasteiger charge is -2.11. The average Bonchev–Trinajstić information content (AvgIpc) is 2.89. The number of carbonyl (C=O) groups excluding carboxylic acids is 2. The molecule has 1 amide bonds. The lowest BCUT2D eigenvalue weighted by Crippen LogP contribution is -2.32. The minimum absolute atomic E-state index is 0.112. The van der Waals surface area contributed by atoms with E-state index in [2.05, 4.69) is 10.3 Å². The largest absolute Gasteiger partial charge is 0.465 e. The van der Waals surface area contributed by atoms with E-state index in [1.54, 1.807) is 6.92 Å². The first-order valence-corrected chi connectivity index (χ1v) is 6.85. The van der Waals surface area contributed by atoms with Crippen molar-refractivity contribution >= 4 is 22.8 Å². The summed E-state index contributed by atoms with van der Waals surface area (Å²) in [6.07, 6.45) is 1.93. The fourth-order valence-corrected chi connectivity index (χ4v) is 2.17. The minimum atomic E-state index is -0.452. The highest BCUT2D eigenvalue weighted by Crippen LogP contribution is 2.24. The number of rotatable bonds is 6. The molecule has 0 aliphatic heterocycles. The maximum absolute atomic E-state index is 11.8. The fourth-order valence-electron chi connectivity index (χ4n) is 2.17. The summed E-state index contributed by atoms with van der Waals surface area (Å²) in [6, 6.07) is 7.33. The molecule has 0 aliphatic rings. The van der Waals surface area contributed by atoms with E-state index in [9.17, 15) is 9.59 Å². The zero-order valence-electron chi connectivity index (χ0n) is 11.9. The van der Waals surface area contributed by atoms with E-state index in [1.807, 2.05) is 30.5 Å². The van der Waals surface area contributed by atoms with Crippen molar-refractivity contribution in [1.29, 1.82) is 0 Å². The SMILES string of the molecule is CCOC(=O)CNC(=O)CC(N)c1c[nH]c2ccccc12. The molecule has 0 aliphatic carbocycles. The number of H-pyrrole nitrogens is 1. The van der Waals surface area contributed by atoms with Crippen molar-refractivity contribution in [1.82, 2.24) is 10.3 Å². The van der Waals surface area contributed by atoms with Crippen molar-refractivity contribution in [2.24, 2.45) is 5.73 Å². The number of amides is 1.